The minimum atomic E-state index is -4.55. The molecule has 1 aliphatic rings. The van der Waals surface area contributed by atoms with Gasteiger partial charge in [0.05, 0.1) is 5.02 Å². The summed E-state index contributed by atoms with van der Waals surface area (Å²) < 4.78 is 37.7. The Balaban J connectivity index is 1.69. The number of amides is 1. The summed E-state index contributed by atoms with van der Waals surface area (Å²) in [5.41, 5.74) is -0.280. The van der Waals surface area contributed by atoms with E-state index in [-0.39, 0.29) is 24.5 Å². The number of aromatic amines is 1. The number of carbonyl (C=O) groups is 1. The molecule has 1 amide bonds. The predicted octanol–water partition coefficient (Wildman–Crippen LogP) is 3.56. The molecule has 1 aliphatic carbocycles. The van der Waals surface area contributed by atoms with Crippen LogP contribution < -0.4 is 10.2 Å². The third kappa shape index (κ3) is 3.86. The molecule has 1 fully saturated rings. The highest BCUT2D eigenvalue weighted by atomic mass is 35.5. The number of hydrogen-bond donors (Lipinski definition) is 2. The lowest BCUT2D eigenvalue weighted by molar-refractivity contribution is -0.143. The van der Waals surface area contributed by atoms with Crippen molar-refractivity contribution in [3.05, 3.63) is 35.7 Å². The first-order valence-electron chi connectivity index (χ1n) is 9.24. The predicted molar refractivity (Wildman–Crippen MR) is 106 cm³/mol. The highest BCUT2D eigenvalue weighted by Crippen LogP contribution is 2.40. The Morgan fingerprint density at radius 3 is 2.81 bits per heavy atom. The Bertz CT molecular complexity index is 1180. The molecule has 3 heterocycles. The number of fused-ring (bicyclic) bond motifs is 1. The lowest BCUT2D eigenvalue weighted by Gasteiger charge is -2.45. The zero-order valence-electron chi connectivity index (χ0n) is 15.9. The molecule has 0 aliphatic heterocycles. The van der Waals surface area contributed by atoms with Gasteiger partial charge in [-0.3, -0.25) is 4.79 Å². The number of nitriles is 1. The van der Waals surface area contributed by atoms with Crippen molar-refractivity contribution >= 4 is 34.4 Å². The number of anilines is 1. The van der Waals surface area contributed by atoms with Gasteiger partial charge in [0, 0.05) is 35.6 Å². The molecule has 160 valence electrons. The molecule has 0 atom stereocenters. The van der Waals surface area contributed by atoms with E-state index in [1.165, 1.54) is 18.5 Å². The van der Waals surface area contributed by atoms with E-state index in [4.69, 9.17) is 11.6 Å². The van der Waals surface area contributed by atoms with Crippen LogP contribution in [0.2, 0.25) is 5.02 Å². The molecule has 0 saturated heterocycles. The van der Waals surface area contributed by atoms with Crippen LogP contribution in [0.5, 0.6) is 0 Å². The average Bonchev–Trinajstić information content (AvgIpc) is 3.11. The molecule has 0 unspecified atom stereocenters. The van der Waals surface area contributed by atoms with Gasteiger partial charge in [-0.25, -0.2) is 19.9 Å². The van der Waals surface area contributed by atoms with Crippen LogP contribution in [0.1, 0.15) is 19.3 Å². The van der Waals surface area contributed by atoms with Gasteiger partial charge in [-0.15, -0.1) is 0 Å². The largest absolute Gasteiger partial charge is 0.405 e. The van der Waals surface area contributed by atoms with Crippen molar-refractivity contribution < 1.29 is 18.0 Å². The van der Waals surface area contributed by atoms with E-state index < -0.39 is 24.2 Å². The molecule has 3 aromatic heterocycles. The van der Waals surface area contributed by atoms with E-state index in [9.17, 15) is 23.2 Å². The van der Waals surface area contributed by atoms with Crippen molar-refractivity contribution in [2.45, 2.75) is 31.0 Å². The van der Waals surface area contributed by atoms with E-state index in [2.05, 4.69) is 19.9 Å². The molecule has 8 nitrogen and oxygen atoms in total. The minimum absolute atomic E-state index is 0.110. The van der Waals surface area contributed by atoms with Crippen LogP contribution in [-0.2, 0) is 4.79 Å². The van der Waals surface area contributed by atoms with Crippen LogP contribution in [-0.4, -0.2) is 44.1 Å². The summed E-state index contributed by atoms with van der Waals surface area (Å²) in [7, 11) is 0. The fraction of sp³-hybridized carbons (Fsp3) is 0.316. The van der Waals surface area contributed by atoms with Crippen molar-refractivity contribution in [1.29, 1.82) is 5.26 Å². The zero-order chi connectivity index (χ0) is 22.2. The second kappa shape index (κ2) is 7.70. The Labute approximate surface area is 179 Å². The number of rotatable bonds is 5. The van der Waals surface area contributed by atoms with Crippen LogP contribution >= 0.6 is 11.6 Å². The van der Waals surface area contributed by atoms with E-state index >= 15 is 0 Å². The highest BCUT2D eigenvalue weighted by Gasteiger charge is 2.51. The maximum absolute atomic E-state index is 12.6. The quantitative estimate of drug-likeness (QED) is 0.455. The monoisotopic (exact) mass is 449 g/mol. The number of alkyl halides is 3. The van der Waals surface area contributed by atoms with Crippen LogP contribution in [0.25, 0.3) is 22.4 Å². The molecular formula is C19H15ClF3N7O. The summed E-state index contributed by atoms with van der Waals surface area (Å²) >= 11 is 6.03. The number of pyridine rings is 1. The molecule has 2 N–H and O–H groups in total. The standard InChI is InChI=1S/C19H15ClF3N7O/c20-11-6-12-13(8-27-15(12)26-7-11)16-25-5-2-14(29-16)30(10-24)18(3-1-4-18)17(31)28-9-19(21,22)23/h2,5-8H,1,3-4,9H2,(H,26,27)(H,28,31). The molecule has 31 heavy (non-hydrogen) atoms. The van der Waals surface area contributed by atoms with Gasteiger partial charge < -0.3 is 10.3 Å². The Morgan fingerprint density at radius 1 is 1.39 bits per heavy atom. The Hall–Kier alpha value is -3.39. The first-order chi connectivity index (χ1) is 14.7. The molecule has 0 spiro atoms. The van der Waals surface area contributed by atoms with Crippen molar-refractivity contribution in [3.8, 4) is 17.6 Å². The van der Waals surface area contributed by atoms with Gasteiger partial charge in [-0.05, 0) is 25.3 Å². The lowest BCUT2D eigenvalue weighted by Crippen LogP contribution is -2.62. The van der Waals surface area contributed by atoms with Gasteiger partial charge in [0.25, 0.3) is 0 Å². The van der Waals surface area contributed by atoms with E-state index in [1.54, 1.807) is 12.3 Å². The van der Waals surface area contributed by atoms with Gasteiger partial charge in [0.2, 0.25) is 5.91 Å². The first-order valence-corrected chi connectivity index (χ1v) is 9.62. The number of aromatic nitrogens is 4. The number of H-pyrrole nitrogens is 1. The SMILES string of the molecule is N#CN(c1ccnc(-c2c[nH]c3ncc(Cl)cc23)n1)C1(C(=O)NCC(F)(F)F)CCC1. The molecule has 1 saturated carbocycles. The molecular weight excluding hydrogens is 435 g/mol. The fourth-order valence-corrected chi connectivity index (χ4v) is 3.70. The normalized spacial score (nSPS) is 15.2. The molecule has 3 aromatic rings. The van der Waals surface area contributed by atoms with Crippen LogP contribution in [0.3, 0.4) is 0 Å². The summed E-state index contributed by atoms with van der Waals surface area (Å²) in [6, 6.07) is 3.12. The zero-order valence-corrected chi connectivity index (χ0v) is 16.6. The topological polar surface area (TPSA) is 111 Å². The second-order valence-electron chi connectivity index (χ2n) is 7.11. The fourth-order valence-electron chi connectivity index (χ4n) is 3.54. The van der Waals surface area contributed by atoms with E-state index in [0.717, 1.165) is 4.90 Å². The molecule has 0 bridgehead atoms. The van der Waals surface area contributed by atoms with Gasteiger partial charge in [-0.2, -0.15) is 18.4 Å². The number of hydrogen-bond acceptors (Lipinski definition) is 6. The molecule has 0 aromatic carbocycles. The van der Waals surface area contributed by atoms with Crippen molar-refractivity contribution in [3.63, 3.8) is 0 Å². The van der Waals surface area contributed by atoms with Crippen molar-refractivity contribution in [2.75, 3.05) is 11.4 Å². The average molecular weight is 450 g/mol. The summed E-state index contributed by atoms with van der Waals surface area (Å²) in [6.07, 6.45) is 2.97. The maximum atomic E-state index is 12.6. The number of halogens is 4. The van der Waals surface area contributed by atoms with Gasteiger partial charge in [0.1, 0.15) is 23.5 Å². The summed E-state index contributed by atoms with van der Waals surface area (Å²) in [5, 5.41) is 12.7. The third-order valence-corrected chi connectivity index (χ3v) is 5.40. The Kier molecular flexibility index (Phi) is 5.18. The summed E-state index contributed by atoms with van der Waals surface area (Å²) in [5.74, 6) is -0.502. The van der Waals surface area contributed by atoms with Crippen LogP contribution in [0, 0.1) is 11.5 Å². The van der Waals surface area contributed by atoms with E-state index in [0.29, 0.717) is 28.0 Å². The Morgan fingerprint density at radius 2 is 2.16 bits per heavy atom. The molecule has 12 heteroatoms. The van der Waals surface area contributed by atoms with Crippen LogP contribution in [0.4, 0.5) is 19.0 Å². The van der Waals surface area contributed by atoms with Crippen LogP contribution in [0.15, 0.2) is 30.7 Å². The van der Waals surface area contributed by atoms with Gasteiger partial charge in [-0.1, -0.05) is 11.6 Å². The highest BCUT2D eigenvalue weighted by molar-refractivity contribution is 6.31. The molecule has 0 radical (unpaired) electrons. The first kappa shape index (κ1) is 20.9. The number of nitrogens with one attached hydrogen (secondary N) is 2. The van der Waals surface area contributed by atoms with Gasteiger partial charge >= 0.3 is 6.18 Å². The maximum Gasteiger partial charge on any atom is 0.405 e. The number of nitrogens with zero attached hydrogens (tertiary/aromatic N) is 5. The van der Waals surface area contributed by atoms with E-state index in [1.807, 2.05) is 11.5 Å². The lowest BCUT2D eigenvalue weighted by atomic mass is 9.74. The van der Waals surface area contributed by atoms with Crippen molar-refractivity contribution in [2.24, 2.45) is 0 Å². The molecule has 4 rings (SSSR count). The minimum Gasteiger partial charge on any atom is -0.345 e. The summed E-state index contributed by atoms with van der Waals surface area (Å²) in [4.78, 5) is 29.5. The smallest absolute Gasteiger partial charge is 0.345 e. The third-order valence-electron chi connectivity index (χ3n) is 5.19. The number of carbonyl (C=O) groups excluding carboxylic acids is 1. The van der Waals surface area contributed by atoms with Crippen molar-refractivity contribution in [1.82, 2.24) is 25.3 Å². The summed E-state index contributed by atoms with van der Waals surface area (Å²) in [6.45, 7) is -1.47. The van der Waals surface area contributed by atoms with Gasteiger partial charge in [0.15, 0.2) is 12.0 Å². The second-order valence-corrected chi connectivity index (χ2v) is 7.55.